The summed E-state index contributed by atoms with van der Waals surface area (Å²) < 4.78 is 2.08. The van der Waals surface area contributed by atoms with E-state index in [1.54, 1.807) is 18.2 Å². The van der Waals surface area contributed by atoms with Gasteiger partial charge in [-0.25, -0.2) is 4.99 Å². The molecule has 2 heterocycles. The van der Waals surface area contributed by atoms with Gasteiger partial charge in [-0.1, -0.05) is 53.0 Å². The summed E-state index contributed by atoms with van der Waals surface area (Å²) in [5.74, 6) is -0.209. The number of aryl methyl sites for hydroxylation is 1. The normalized spacial score (nSPS) is 16.5. The summed E-state index contributed by atoms with van der Waals surface area (Å²) in [4.78, 5) is 17.5. The maximum Gasteiger partial charge on any atom is 0.264 e. The second-order valence-electron chi connectivity index (χ2n) is 6.67. The van der Waals surface area contributed by atoms with Gasteiger partial charge in [0.15, 0.2) is 5.17 Å². The second kappa shape index (κ2) is 8.52. The Kier molecular flexibility index (Phi) is 5.98. The molecule has 1 aliphatic rings. The van der Waals surface area contributed by atoms with Gasteiger partial charge in [0.05, 0.1) is 31.3 Å². The van der Waals surface area contributed by atoms with Crippen LogP contribution in [0.4, 0.5) is 5.69 Å². The fourth-order valence-corrected chi connectivity index (χ4v) is 4.63. The van der Waals surface area contributed by atoms with E-state index in [1.807, 2.05) is 50.3 Å². The minimum Gasteiger partial charge on any atom is -0.316 e. The maximum atomic E-state index is 12.5. The van der Waals surface area contributed by atoms with Gasteiger partial charge in [0.2, 0.25) is 0 Å². The molecule has 1 fully saturated rings. The van der Waals surface area contributed by atoms with E-state index in [4.69, 9.17) is 34.8 Å². The molecule has 2 aromatic carbocycles. The van der Waals surface area contributed by atoms with Crippen LogP contribution in [0.2, 0.25) is 15.1 Å². The summed E-state index contributed by atoms with van der Waals surface area (Å²) in [7, 11) is 0. The largest absolute Gasteiger partial charge is 0.316 e. The minimum atomic E-state index is -0.209. The molecule has 0 atom stereocenters. The summed E-state index contributed by atoms with van der Waals surface area (Å²) >= 11 is 19.9. The zero-order chi connectivity index (χ0) is 21.4. The smallest absolute Gasteiger partial charge is 0.264 e. The zero-order valence-electron chi connectivity index (χ0n) is 16.0. The number of benzene rings is 2. The Hall–Kier alpha value is -2.18. The Morgan fingerprint density at radius 3 is 2.53 bits per heavy atom. The third kappa shape index (κ3) is 4.03. The molecule has 0 saturated carbocycles. The van der Waals surface area contributed by atoms with Crippen molar-refractivity contribution in [2.75, 3.05) is 0 Å². The summed E-state index contributed by atoms with van der Waals surface area (Å²) in [5.41, 5.74) is 4.36. The third-order valence-electron chi connectivity index (χ3n) is 4.65. The monoisotopic (exact) mass is 475 g/mol. The number of rotatable bonds is 3. The molecule has 0 bridgehead atoms. The fourth-order valence-electron chi connectivity index (χ4n) is 3.25. The number of aliphatic imine (C=N–C) groups is 1. The lowest BCUT2D eigenvalue weighted by Crippen LogP contribution is -2.19. The molecule has 0 aliphatic carbocycles. The van der Waals surface area contributed by atoms with E-state index in [0.29, 0.717) is 30.8 Å². The average Bonchev–Trinajstić information content (AvgIpc) is 3.18. The topological polar surface area (TPSA) is 46.4 Å². The Morgan fingerprint density at radius 1 is 1.03 bits per heavy atom. The van der Waals surface area contributed by atoms with Crippen LogP contribution in [-0.2, 0) is 4.79 Å². The molecule has 1 N–H and O–H groups in total. The first kappa shape index (κ1) is 21.1. The molecule has 1 saturated heterocycles. The Bertz CT molecular complexity index is 1230. The summed E-state index contributed by atoms with van der Waals surface area (Å²) in [6, 6.07) is 14.9. The second-order valence-corrected chi connectivity index (χ2v) is 8.89. The number of hydrogen-bond acceptors (Lipinski definition) is 3. The van der Waals surface area contributed by atoms with Crippen molar-refractivity contribution in [1.82, 2.24) is 9.88 Å². The fraction of sp³-hybridized carbons (Fsp3) is 0.0909. The number of carbonyl (C=O) groups excluding carboxylic acids is 1. The highest BCUT2D eigenvalue weighted by molar-refractivity contribution is 8.18. The molecule has 1 amide bonds. The van der Waals surface area contributed by atoms with Crippen LogP contribution in [0.5, 0.6) is 0 Å². The van der Waals surface area contributed by atoms with Crippen LogP contribution < -0.4 is 5.32 Å². The van der Waals surface area contributed by atoms with E-state index < -0.39 is 0 Å². The zero-order valence-corrected chi connectivity index (χ0v) is 19.1. The number of para-hydroxylation sites is 1. The first-order valence-corrected chi connectivity index (χ1v) is 11.0. The number of carbonyl (C=O) groups is 1. The first-order chi connectivity index (χ1) is 14.3. The van der Waals surface area contributed by atoms with Crippen molar-refractivity contribution >= 4 is 69.4 Å². The van der Waals surface area contributed by atoms with Crippen LogP contribution in [0.25, 0.3) is 11.8 Å². The van der Waals surface area contributed by atoms with Gasteiger partial charge >= 0.3 is 0 Å². The molecule has 0 radical (unpaired) electrons. The Labute approximate surface area is 193 Å². The summed E-state index contributed by atoms with van der Waals surface area (Å²) in [6.07, 6.45) is 1.86. The van der Waals surface area contributed by atoms with Crippen molar-refractivity contribution in [3.8, 4) is 5.69 Å². The standard InChI is InChI=1S/C22H16Cl3N3OS/c1-12-10-14(13(2)28(12)18-9-4-3-6-15(18)23)11-19-21(29)27-22(30-19)26-17-8-5-7-16(24)20(17)25/h3-11H,1-2H3,(H,26,27,29)/b19-11+. The predicted octanol–water partition coefficient (Wildman–Crippen LogP) is 6.95. The summed E-state index contributed by atoms with van der Waals surface area (Å²) in [5, 5.41) is 4.66. The van der Waals surface area contributed by atoms with Crippen LogP contribution >= 0.6 is 46.6 Å². The van der Waals surface area contributed by atoms with Gasteiger partial charge in [-0.15, -0.1) is 0 Å². The van der Waals surface area contributed by atoms with Crippen molar-refractivity contribution in [2.45, 2.75) is 13.8 Å². The van der Waals surface area contributed by atoms with Crippen molar-refractivity contribution in [3.63, 3.8) is 0 Å². The number of hydrogen-bond donors (Lipinski definition) is 1. The molecule has 4 rings (SSSR count). The van der Waals surface area contributed by atoms with Gasteiger partial charge in [-0.3, -0.25) is 4.79 Å². The van der Waals surface area contributed by atoms with Crippen LogP contribution in [0, 0.1) is 13.8 Å². The van der Waals surface area contributed by atoms with Gasteiger partial charge in [0, 0.05) is 11.4 Å². The van der Waals surface area contributed by atoms with Gasteiger partial charge in [-0.05, 0) is 67.6 Å². The molecule has 0 unspecified atom stereocenters. The Morgan fingerprint density at radius 2 is 1.77 bits per heavy atom. The SMILES string of the molecule is Cc1cc(/C=C2/SC(=Nc3cccc(Cl)c3Cl)NC2=O)c(C)n1-c1ccccc1Cl. The number of nitrogens with one attached hydrogen (secondary N) is 1. The van der Waals surface area contributed by atoms with E-state index in [2.05, 4.69) is 14.9 Å². The molecule has 0 spiro atoms. The van der Waals surface area contributed by atoms with Gasteiger partial charge in [-0.2, -0.15) is 0 Å². The number of aromatic nitrogens is 1. The molecule has 8 heteroatoms. The van der Waals surface area contributed by atoms with Gasteiger partial charge < -0.3 is 9.88 Å². The average molecular weight is 477 g/mol. The number of amidine groups is 1. The lowest BCUT2D eigenvalue weighted by atomic mass is 10.2. The lowest BCUT2D eigenvalue weighted by molar-refractivity contribution is -0.115. The van der Waals surface area contributed by atoms with E-state index in [0.717, 1.165) is 22.6 Å². The molecule has 1 aliphatic heterocycles. The number of thioether (sulfide) groups is 1. The third-order valence-corrected chi connectivity index (χ3v) is 6.69. The van der Waals surface area contributed by atoms with E-state index in [9.17, 15) is 4.79 Å². The van der Waals surface area contributed by atoms with Gasteiger partial charge in [0.25, 0.3) is 5.91 Å². The van der Waals surface area contributed by atoms with Crippen LogP contribution in [0.1, 0.15) is 17.0 Å². The first-order valence-electron chi connectivity index (χ1n) is 9.02. The highest BCUT2D eigenvalue weighted by atomic mass is 35.5. The molecule has 3 aromatic rings. The molecule has 30 heavy (non-hydrogen) atoms. The maximum absolute atomic E-state index is 12.5. The molecular weight excluding hydrogens is 461 g/mol. The summed E-state index contributed by atoms with van der Waals surface area (Å²) in [6.45, 7) is 4.01. The van der Waals surface area contributed by atoms with Gasteiger partial charge in [0.1, 0.15) is 0 Å². The number of nitrogens with zero attached hydrogens (tertiary/aromatic N) is 2. The van der Waals surface area contributed by atoms with Crippen molar-refractivity contribution in [2.24, 2.45) is 4.99 Å². The quantitative estimate of drug-likeness (QED) is 0.416. The highest BCUT2D eigenvalue weighted by Crippen LogP contribution is 2.35. The molecule has 1 aromatic heterocycles. The number of amides is 1. The van der Waals surface area contributed by atoms with E-state index >= 15 is 0 Å². The van der Waals surface area contributed by atoms with E-state index in [1.165, 1.54) is 11.8 Å². The molecular formula is C22H16Cl3N3OS. The van der Waals surface area contributed by atoms with Crippen LogP contribution in [0.3, 0.4) is 0 Å². The predicted molar refractivity (Wildman–Crippen MR) is 128 cm³/mol. The lowest BCUT2D eigenvalue weighted by Gasteiger charge is -2.11. The highest BCUT2D eigenvalue weighted by Gasteiger charge is 2.25. The van der Waals surface area contributed by atoms with Crippen molar-refractivity contribution < 1.29 is 4.79 Å². The molecule has 152 valence electrons. The van der Waals surface area contributed by atoms with Crippen LogP contribution in [0.15, 0.2) is 58.4 Å². The van der Waals surface area contributed by atoms with E-state index in [-0.39, 0.29) is 5.91 Å². The van der Waals surface area contributed by atoms with Crippen LogP contribution in [-0.4, -0.2) is 15.6 Å². The minimum absolute atomic E-state index is 0.209. The Balaban J connectivity index is 1.67. The molecule has 4 nitrogen and oxygen atoms in total. The number of halogens is 3. The van der Waals surface area contributed by atoms with Crippen molar-refractivity contribution in [1.29, 1.82) is 0 Å². The van der Waals surface area contributed by atoms with Crippen molar-refractivity contribution in [3.05, 3.63) is 85.5 Å².